The van der Waals surface area contributed by atoms with E-state index in [1.54, 1.807) is 12.1 Å². The molecule has 0 aliphatic carbocycles. The van der Waals surface area contributed by atoms with Gasteiger partial charge in [-0.15, -0.1) is 0 Å². The number of amides is 1. The molecular weight excluding hydrogens is 274 g/mol. The Bertz CT molecular complexity index is 572. The van der Waals surface area contributed by atoms with E-state index >= 15 is 0 Å². The van der Waals surface area contributed by atoms with Gasteiger partial charge in [-0.1, -0.05) is 48.0 Å². The van der Waals surface area contributed by atoms with Crippen molar-refractivity contribution in [1.29, 1.82) is 0 Å². The molecule has 4 heteroatoms. The highest BCUT2D eigenvalue weighted by molar-refractivity contribution is 6.31. The second-order valence-corrected chi connectivity index (χ2v) is 4.95. The maximum atomic E-state index is 11.7. The summed E-state index contributed by atoms with van der Waals surface area (Å²) in [5.74, 6) is 0.523. The van der Waals surface area contributed by atoms with E-state index < -0.39 is 6.09 Å². The topological polar surface area (TPSA) is 38.3 Å². The molecule has 0 heterocycles. The Hall–Kier alpha value is -2.00. The summed E-state index contributed by atoms with van der Waals surface area (Å²) in [4.78, 5) is 11.7. The van der Waals surface area contributed by atoms with Crippen molar-refractivity contribution in [3.05, 3.63) is 65.2 Å². The fourth-order valence-electron chi connectivity index (χ4n) is 1.87. The zero-order valence-electron chi connectivity index (χ0n) is 11.2. The van der Waals surface area contributed by atoms with Crippen molar-refractivity contribution >= 4 is 17.7 Å². The highest BCUT2D eigenvalue weighted by Crippen LogP contribution is 2.16. The molecule has 0 aromatic heterocycles. The summed E-state index contributed by atoms with van der Waals surface area (Å²) >= 11 is 6.09. The molecule has 1 atom stereocenters. The van der Waals surface area contributed by atoms with E-state index in [-0.39, 0.29) is 6.04 Å². The fraction of sp³-hybridized carbons (Fsp3) is 0.188. The van der Waals surface area contributed by atoms with Crippen molar-refractivity contribution in [3.8, 4) is 5.75 Å². The molecule has 1 unspecified atom stereocenters. The van der Waals surface area contributed by atoms with Gasteiger partial charge in [-0.2, -0.15) is 0 Å². The number of benzene rings is 2. The number of carbonyl (C=O) groups excluding carboxylic acids is 1. The molecule has 104 valence electrons. The van der Waals surface area contributed by atoms with Crippen LogP contribution in [0.2, 0.25) is 5.02 Å². The predicted octanol–water partition coefficient (Wildman–Crippen LogP) is 4.06. The second-order valence-electron chi connectivity index (χ2n) is 4.54. The molecule has 0 aliphatic heterocycles. The van der Waals surface area contributed by atoms with E-state index in [0.717, 1.165) is 5.56 Å². The smallest absolute Gasteiger partial charge is 0.410 e. The van der Waals surface area contributed by atoms with Crippen molar-refractivity contribution in [2.24, 2.45) is 0 Å². The lowest BCUT2D eigenvalue weighted by Gasteiger charge is -2.14. The third-order valence-corrected chi connectivity index (χ3v) is 3.17. The number of hydrogen-bond acceptors (Lipinski definition) is 2. The van der Waals surface area contributed by atoms with Gasteiger partial charge in [0.25, 0.3) is 0 Å². The molecule has 20 heavy (non-hydrogen) atoms. The summed E-state index contributed by atoms with van der Waals surface area (Å²) in [5, 5.41) is 3.49. The van der Waals surface area contributed by atoms with Gasteiger partial charge in [0.15, 0.2) is 0 Å². The first-order valence-electron chi connectivity index (χ1n) is 6.42. The van der Waals surface area contributed by atoms with Crippen molar-refractivity contribution in [1.82, 2.24) is 5.32 Å². The van der Waals surface area contributed by atoms with Gasteiger partial charge in [-0.05, 0) is 37.1 Å². The molecule has 2 rings (SSSR count). The van der Waals surface area contributed by atoms with Gasteiger partial charge in [-0.3, -0.25) is 0 Å². The van der Waals surface area contributed by atoms with Crippen LogP contribution in [0, 0.1) is 0 Å². The summed E-state index contributed by atoms with van der Waals surface area (Å²) in [5.41, 5.74) is 1.00. The molecule has 0 saturated heterocycles. The molecule has 0 saturated carbocycles. The van der Waals surface area contributed by atoms with Crippen molar-refractivity contribution in [2.75, 3.05) is 0 Å². The molecular formula is C16H16ClNO2. The molecule has 0 bridgehead atoms. The number of hydrogen-bond donors (Lipinski definition) is 1. The standard InChI is InChI=1S/C16H16ClNO2/c1-12(11-13-7-5-6-10-15(13)17)18-16(19)20-14-8-3-2-4-9-14/h2-10,12H,11H2,1H3,(H,18,19). The molecule has 0 radical (unpaired) electrons. The Labute approximate surface area is 123 Å². The van der Waals surface area contributed by atoms with E-state index in [9.17, 15) is 4.79 Å². The second kappa shape index (κ2) is 6.96. The Morgan fingerprint density at radius 2 is 1.80 bits per heavy atom. The van der Waals surface area contributed by atoms with Crippen LogP contribution in [0.15, 0.2) is 54.6 Å². The molecule has 1 N–H and O–H groups in total. The number of carbonyl (C=O) groups is 1. The largest absolute Gasteiger partial charge is 0.412 e. The average molecular weight is 290 g/mol. The maximum absolute atomic E-state index is 11.7. The first-order chi connectivity index (χ1) is 9.65. The van der Waals surface area contributed by atoms with Crippen molar-refractivity contribution in [3.63, 3.8) is 0 Å². The first-order valence-corrected chi connectivity index (χ1v) is 6.80. The van der Waals surface area contributed by atoms with E-state index in [1.165, 1.54) is 0 Å². The van der Waals surface area contributed by atoms with Gasteiger partial charge in [-0.25, -0.2) is 4.79 Å². The lowest BCUT2D eigenvalue weighted by atomic mass is 10.1. The summed E-state index contributed by atoms with van der Waals surface area (Å²) in [6, 6.07) is 16.5. The Morgan fingerprint density at radius 3 is 2.50 bits per heavy atom. The van der Waals surface area contributed by atoms with E-state index in [2.05, 4.69) is 5.32 Å². The minimum absolute atomic E-state index is 0.0638. The summed E-state index contributed by atoms with van der Waals surface area (Å²) in [6.07, 6.45) is 0.194. The van der Waals surface area contributed by atoms with Crippen LogP contribution in [0.1, 0.15) is 12.5 Å². The van der Waals surface area contributed by atoms with Gasteiger partial charge in [0, 0.05) is 11.1 Å². The molecule has 2 aromatic carbocycles. The van der Waals surface area contributed by atoms with Crippen LogP contribution >= 0.6 is 11.6 Å². The highest BCUT2D eigenvalue weighted by Gasteiger charge is 2.11. The van der Waals surface area contributed by atoms with Gasteiger partial charge >= 0.3 is 6.09 Å². The number of ether oxygens (including phenoxy) is 1. The first kappa shape index (κ1) is 14.4. The lowest BCUT2D eigenvalue weighted by Crippen LogP contribution is -2.36. The van der Waals surface area contributed by atoms with E-state index in [1.807, 2.05) is 49.4 Å². The summed E-state index contributed by atoms with van der Waals surface area (Å²) in [7, 11) is 0. The number of rotatable bonds is 4. The summed E-state index contributed by atoms with van der Waals surface area (Å²) in [6.45, 7) is 1.91. The van der Waals surface area contributed by atoms with E-state index in [4.69, 9.17) is 16.3 Å². The maximum Gasteiger partial charge on any atom is 0.412 e. The van der Waals surface area contributed by atoms with Crippen LogP contribution in [0.25, 0.3) is 0 Å². The third kappa shape index (κ3) is 4.28. The number of nitrogens with one attached hydrogen (secondary N) is 1. The SMILES string of the molecule is CC(Cc1ccccc1Cl)NC(=O)Oc1ccccc1. The van der Waals surface area contributed by atoms with Gasteiger partial charge in [0.2, 0.25) is 0 Å². The zero-order chi connectivity index (χ0) is 14.4. The Balaban J connectivity index is 1.87. The van der Waals surface area contributed by atoms with Crippen LogP contribution in [-0.4, -0.2) is 12.1 Å². The van der Waals surface area contributed by atoms with Crippen LogP contribution in [0.5, 0.6) is 5.75 Å². The fourth-order valence-corrected chi connectivity index (χ4v) is 2.08. The minimum Gasteiger partial charge on any atom is -0.410 e. The highest BCUT2D eigenvalue weighted by atomic mass is 35.5. The zero-order valence-corrected chi connectivity index (χ0v) is 11.9. The third-order valence-electron chi connectivity index (χ3n) is 2.80. The average Bonchev–Trinajstić information content (AvgIpc) is 2.42. The minimum atomic E-state index is -0.462. The van der Waals surface area contributed by atoms with Crippen LogP contribution in [0.3, 0.4) is 0 Å². The Morgan fingerprint density at radius 1 is 1.15 bits per heavy atom. The molecule has 0 fully saturated rings. The van der Waals surface area contributed by atoms with Gasteiger partial charge in [0.05, 0.1) is 0 Å². The molecule has 0 spiro atoms. The normalized spacial score (nSPS) is 11.7. The van der Waals surface area contributed by atoms with Crippen molar-refractivity contribution < 1.29 is 9.53 Å². The lowest BCUT2D eigenvalue weighted by molar-refractivity contribution is 0.197. The van der Waals surface area contributed by atoms with Crippen molar-refractivity contribution in [2.45, 2.75) is 19.4 Å². The predicted molar refractivity (Wildman–Crippen MR) is 80.2 cm³/mol. The van der Waals surface area contributed by atoms with E-state index in [0.29, 0.717) is 17.2 Å². The molecule has 0 aliphatic rings. The molecule has 2 aromatic rings. The van der Waals surface area contributed by atoms with Crippen LogP contribution in [-0.2, 0) is 6.42 Å². The number of halogens is 1. The summed E-state index contributed by atoms with van der Waals surface area (Å²) < 4.78 is 5.17. The van der Waals surface area contributed by atoms with Gasteiger partial charge < -0.3 is 10.1 Å². The quantitative estimate of drug-likeness (QED) is 0.922. The van der Waals surface area contributed by atoms with Crippen LogP contribution < -0.4 is 10.1 Å². The molecule has 1 amide bonds. The monoisotopic (exact) mass is 289 g/mol. The van der Waals surface area contributed by atoms with Gasteiger partial charge in [0.1, 0.15) is 5.75 Å². The number of para-hydroxylation sites is 1. The molecule has 3 nitrogen and oxygen atoms in total. The van der Waals surface area contributed by atoms with Crippen LogP contribution in [0.4, 0.5) is 4.79 Å². The Kier molecular flexibility index (Phi) is 5.02.